The van der Waals surface area contributed by atoms with Crippen LogP contribution in [0.15, 0.2) is 12.2 Å². The Labute approximate surface area is 251 Å². The fourth-order valence-electron chi connectivity index (χ4n) is 5.65. The number of hydrogen-bond acceptors (Lipinski definition) is 3. The van der Waals surface area contributed by atoms with Gasteiger partial charge in [-0.25, -0.2) is 0 Å². The van der Waals surface area contributed by atoms with Gasteiger partial charge in [0.2, 0.25) is 0 Å². The number of carbonyl (C=O) groups is 3. The Morgan fingerprint density at radius 2 is 0.805 bits per heavy atom. The largest absolute Gasteiger partial charge is 0.481 e. The molecule has 0 atom stereocenters. The number of rotatable bonds is 32. The second-order valence-electron chi connectivity index (χ2n) is 12.1. The minimum Gasteiger partial charge on any atom is -0.481 e. The molecular weight excluding hydrogens is 518 g/mol. The lowest BCUT2D eigenvalue weighted by Crippen LogP contribution is -2.50. The van der Waals surface area contributed by atoms with E-state index in [1.807, 2.05) is 0 Å². The molecule has 0 aliphatic heterocycles. The molecule has 41 heavy (non-hydrogen) atoms. The first kappa shape index (κ1) is 39.1. The van der Waals surface area contributed by atoms with Crippen LogP contribution in [-0.2, 0) is 14.4 Å². The molecule has 0 aromatic heterocycles. The number of nitrogens with zero attached hydrogens (tertiary/aromatic N) is 1. The summed E-state index contributed by atoms with van der Waals surface area (Å²) in [5, 5.41) is 27.1. The van der Waals surface area contributed by atoms with Crippen molar-refractivity contribution in [2.45, 2.75) is 161 Å². The highest BCUT2D eigenvalue weighted by molar-refractivity contribution is 5.67. The maximum Gasteiger partial charge on any atom is 0.303 e. The maximum atomic E-state index is 11.0. The van der Waals surface area contributed by atoms with E-state index in [2.05, 4.69) is 19.1 Å². The summed E-state index contributed by atoms with van der Waals surface area (Å²) in [6.45, 7) is 5.64. The topological polar surface area (TPSA) is 112 Å². The Morgan fingerprint density at radius 1 is 0.463 bits per heavy atom. The first-order valence-corrected chi connectivity index (χ1v) is 17.0. The van der Waals surface area contributed by atoms with E-state index >= 15 is 0 Å². The quantitative estimate of drug-likeness (QED) is 0.0414. The Kier molecular flexibility index (Phi) is 26.9. The van der Waals surface area contributed by atoms with Gasteiger partial charge in [-0.15, -0.1) is 0 Å². The van der Waals surface area contributed by atoms with Gasteiger partial charge in [0.25, 0.3) is 0 Å². The van der Waals surface area contributed by atoms with Gasteiger partial charge in [0.15, 0.2) is 0 Å². The van der Waals surface area contributed by atoms with Gasteiger partial charge >= 0.3 is 17.9 Å². The van der Waals surface area contributed by atoms with Gasteiger partial charge in [-0.3, -0.25) is 14.4 Å². The lowest BCUT2D eigenvalue weighted by atomic mass is 10.0. The average Bonchev–Trinajstić information content (AvgIpc) is 2.93. The van der Waals surface area contributed by atoms with Crippen molar-refractivity contribution in [2.24, 2.45) is 0 Å². The Morgan fingerprint density at radius 3 is 1.15 bits per heavy atom. The molecule has 0 saturated carbocycles. The van der Waals surface area contributed by atoms with Crippen LogP contribution in [0.1, 0.15) is 161 Å². The predicted octanol–water partition coefficient (Wildman–Crippen LogP) is 9.00. The normalized spacial score (nSPS) is 11.8. The predicted molar refractivity (Wildman–Crippen MR) is 168 cm³/mol. The van der Waals surface area contributed by atoms with E-state index < -0.39 is 17.9 Å². The summed E-state index contributed by atoms with van der Waals surface area (Å²) in [5.74, 6) is -2.34. The highest BCUT2D eigenvalue weighted by Gasteiger charge is 2.25. The van der Waals surface area contributed by atoms with Crippen LogP contribution in [0.2, 0.25) is 0 Å². The van der Waals surface area contributed by atoms with Crippen molar-refractivity contribution in [3.63, 3.8) is 0 Å². The number of unbranched alkanes of at least 4 members (excludes halogenated alkanes) is 17. The summed E-state index contributed by atoms with van der Waals surface area (Å²) in [4.78, 5) is 33.0. The van der Waals surface area contributed by atoms with Crippen LogP contribution in [0.3, 0.4) is 0 Å². The van der Waals surface area contributed by atoms with Crippen LogP contribution in [0, 0.1) is 0 Å². The Bertz CT molecular complexity index is 623. The maximum absolute atomic E-state index is 11.0. The van der Waals surface area contributed by atoms with Gasteiger partial charge in [0.1, 0.15) is 0 Å². The van der Waals surface area contributed by atoms with Crippen molar-refractivity contribution >= 4 is 17.9 Å². The highest BCUT2D eigenvalue weighted by Crippen LogP contribution is 2.18. The minimum atomic E-state index is -0.779. The number of carboxylic acid groups (broad SMARTS) is 3. The molecule has 0 aliphatic rings. The van der Waals surface area contributed by atoms with Gasteiger partial charge in [0, 0.05) is 19.3 Å². The average molecular weight is 583 g/mol. The molecule has 0 fully saturated rings. The van der Waals surface area contributed by atoms with E-state index in [9.17, 15) is 14.4 Å². The van der Waals surface area contributed by atoms with Crippen molar-refractivity contribution < 1.29 is 34.2 Å². The third kappa shape index (κ3) is 28.0. The molecule has 0 amide bonds. The molecule has 7 heteroatoms. The first-order valence-electron chi connectivity index (χ1n) is 17.0. The standard InChI is InChI=1S/C34H63NO6/c1-2-3-4-5-6-7-8-9-10-11-12-13-14-15-16-17-21-28-35(29-22-18-25-32(36)37,30-23-19-26-33(38)39)31-24-20-27-34(40)41/h17,21H,2-16,18-20,22-31H2,1H3,(H2-,36,37,38,39,40,41)/p+1/b21-17+. The van der Waals surface area contributed by atoms with Crippen molar-refractivity contribution in [2.75, 3.05) is 26.2 Å². The van der Waals surface area contributed by atoms with Crippen LogP contribution in [0.5, 0.6) is 0 Å². The van der Waals surface area contributed by atoms with Crippen LogP contribution in [-0.4, -0.2) is 63.9 Å². The van der Waals surface area contributed by atoms with Crippen molar-refractivity contribution in [1.29, 1.82) is 0 Å². The lowest BCUT2D eigenvalue weighted by Gasteiger charge is -2.38. The molecule has 0 unspecified atom stereocenters. The Hall–Kier alpha value is -1.89. The first-order chi connectivity index (χ1) is 19.8. The number of hydrogen-bond donors (Lipinski definition) is 3. The molecule has 0 heterocycles. The monoisotopic (exact) mass is 582 g/mol. The van der Waals surface area contributed by atoms with Crippen molar-refractivity contribution in [3.8, 4) is 0 Å². The summed E-state index contributed by atoms with van der Waals surface area (Å²) < 4.78 is 0.786. The second kappa shape index (κ2) is 28.2. The zero-order valence-corrected chi connectivity index (χ0v) is 26.5. The third-order valence-electron chi connectivity index (χ3n) is 8.20. The number of carboxylic acids is 3. The van der Waals surface area contributed by atoms with E-state index in [1.165, 1.54) is 89.9 Å². The van der Waals surface area contributed by atoms with Crippen LogP contribution in [0.25, 0.3) is 0 Å². The summed E-state index contributed by atoms with van der Waals surface area (Å²) >= 11 is 0. The molecule has 0 rings (SSSR count). The van der Waals surface area contributed by atoms with Crippen molar-refractivity contribution in [1.82, 2.24) is 0 Å². The van der Waals surface area contributed by atoms with E-state index in [4.69, 9.17) is 15.3 Å². The molecule has 3 N–H and O–H groups in total. The molecular formula is C34H64NO6+. The van der Waals surface area contributed by atoms with E-state index in [1.54, 1.807) is 0 Å². The SMILES string of the molecule is CCCCCCCCCCCCCCCC/C=C/C[N+](CCCCC(=O)O)(CCCCC(=O)O)CCCCC(=O)O. The highest BCUT2D eigenvalue weighted by atomic mass is 16.4. The van der Waals surface area contributed by atoms with E-state index in [0.717, 1.165) is 56.3 Å². The number of quaternary nitrogens is 1. The van der Waals surface area contributed by atoms with Gasteiger partial charge in [0.05, 0.1) is 26.2 Å². The molecule has 0 bridgehead atoms. The second-order valence-corrected chi connectivity index (χ2v) is 12.1. The summed E-state index contributed by atoms with van der Waals surface area (Å²) in [7, 11) is 0. The Balaban J connectivity index is 4.46. The molecule has 0 radical (unpaired) electrons. The zero-order valence-electron chi connectivity index (χ0n) is 26.5. The lowest BCUT2D eigenvalue weighted by molar-refractivity contribution is -0.923. The third-order valence-corrected chi connectivity index (χ3v) is 8.20. The van der Waals surface area contributed by atoms with Gasteiger partial charge in [-0.2, -0.15) is 0 Å². The van der Waals surface area contributed by atoms with Crippen LogP contribution in [0.4, 0.5) is 0 Å². The molecule has 240 valence electrons. The molecule has 0 aromatic rings. The fourth-order valence-corrected chi connectivity index (χ4v) is 5.65. The molecule has 0 saturated heterocycles. The smallest absolute Gasteiger partial charge is 0.303 e. The van der Waals surface area contributed by atoms with Gasteiger partial charge in [-0.05, 0) is 57.4 Å². The summed E-state index contributed by atoms with van der Waals surface area (Å²) in [5.41, 5.74) is 0. The van der Waals surface area contributed by atoms with Gasteiger partial charge < -0.3 is 19.8 Å². The van der Waals surface area contributed by atoms with Crippen molar-refractivity contribution in [3.05, 3.63) is 12.2 Å². The van der Waals surface area contributed by atoms with E-state index in [0.29, 0.717) is 19.3 Å². The minimum absolute atomic E-state index is 0.160. The summed E-state index contributed by atoms with van der Waals surface area (Å²) in [6.07, 6.45) is 29.3. The van der Waals surface area contributed by atoms with Crippen LogP contribution >= 0.6 is 0 Å². The number of aliphatic carboxylic acids is 3. The van der Waals surface area contributed by atoms with Crippen LogP contribution < -0.4 is 0 Å². The molecule has 0 aliphatic carbocycles. The molecule has 7 nitrogen and oxygen atoms in total. The molecule has 0 aromatic carbocycles. The molecule has 0 spiro atoms. The van der Waals surface area contributed by atoms with E-state index in [-0.39, 0.29) is 19.3 Å². The fraction of sp³-hybridized carbons (Fsp3) is 0.853. The van der Waals surface area contributed by atoms with Gasteiger partial charge in [-0.1, -0.05) is 96.5 Å². The summed E-state index contributed by atoms with van der Waals surface area (Å²) in [6, 6.07) is 0. The number of allylic oxidation sites excluding steroid dienone is 1. The zero-order chi connectivity index (χ0) is 30.4.